The first-order chi connectivity index (χ1) is 7.32. The lowest BCUT2D eigenvalue weighted by molar-refractivity contribution is -0.139. The number of aliphatic carboxylic acids is 1. The molecule has 0 aliphatic carbocycles. The van der Waals surface area contributed by atoms with Gasteiger partial charge in [-0.3, -0.25) is 9.69 Å². The van der Waals surface area contributed by atoms with Crippen molar-refractivity contribution in [2.45, 2.75) is 59.9 Å². The van der Waals surface area contributed by atoms with Gasteiger partial charge in [0.25, 0.3) is 0 Å². The van der Waals surface area contributed by atoms with Crippen molar-refractivity contribution in [2.24, 2.45) is 5.41 Å². The maximum atomic E-state index is 10.9. The number of nitrogens with zero attached hydrogens (tertiary/aromatic N) is 1. The van der Waals surface area contributed by atoms with Crippen LogP contribution in [-0.2, 0) is 4.79 Å². The van der Waals surface area contributed by atoms with Crippen LogP contribution in [0.15, 0.2) is 0 Å². The molecule has 0 radical (unpaired) electrons. The van der Waals surface area contributed by atoms with Gasteiger partial charge in [-0.1, -0.05) is 34.6 Å². The van der Waals surface area contributed by atoms with Crippen LogP contribution < -0.4 is 0 Å². The zero-order valence-corrected chi connectivity index (χ0v) is 11.4. The van der Waals surface area contributed by atoms with Crippen LogP contribution in [0.3, 0.4) is 0 Å². The summed E-state index contributed by atoms with van der Waals surface area (Å²) in [7, 11) is 0. The maximum Gasteiger partial charge on any atom is 0.304 e. The van der Waals surface area contributed by atoms with E-state index in [2.05, 4.69) is 39.5 Å². The Morgan fingerprint density at radius 2 is 1.62 bits per heavy atom. The minimum absolute atomic E-state index is 0.0166. The molecular formula is C13H27NO2. The average Bonchev–Trinajstić information content (AvgIpc) is 2.12. The molecule has 96 valence electrons. The smallest absolute Gasteiger partial charge is 0.304 e. The third kappa shape index (κ3) is 5.50. The van der Waals surface area contributed by atoms with E-state index in [9.17, 15) is 4.79 Å². The third-order valence-electron chi connectivity index (χ3n) is 2.83. The summed E-state index contributed by atoms with van der Waals surface area (Å²) in [6, 6.07) is 0.130. The SMILES string of the molecule is CCCN(CCC)C(CC(=O)O)C(C)(C)C. The molecule has 3 nitrogen and oxygen atoms in total. The fourth-order valence-electron chi connectivity index (χ4n) is 2.15. The molecule has 0 aromatic heterocycles. The monoisotopic (exact) mass is 229 g/mol. The van der Waals surface area contributed by atoms with Gasteiger partial charge in [0, 0.05) is 6.04 Å². The molecule has 0 saturated carbocycles. The van der Waals surface area contributed by atoms with Crippen molar-refractivity contribution in [2.75, 3.05) is 13.1 Å². The first kappa shape index (κ1) is 15.4. The van der Waals surface area contributed by atoms with E-state index in [4.69, 9.17) is 5.11 Å². The summed E-state index contributed by atoms with van der Waals surface area (Å²) < 4.78 is 0. The van der Waals surface area contributed by atoms with E-state index in [0.717, 1.165) is 25.9 Å². The Morgan fingerprint density at radius 1 is 1.19 bits per heavy atom. The van der Waals surface area contributed by atoms with Gasteiger partial charge in [-0.25, -0.2) is 0 Å². The minimum atomic E-state index is -0.697. The number of carbonyl (C=O) groups is 1. The van der Waals surface area contributed by atoms with Crippen molar-refractivity contribution >= 4 is 5.97 Å². The molecule has 1 N–H and O–H groups in total. The molecule has 0 aliphatic heterocycles. The van der Waals surface area contributed by atoms with Crippen molar-refractivity contribution in [3.05, 3.63) is 0 Å². The lowest BCUT2D eigenvalue weighted by atomic mass is 9.83. The topological polar surface area (TPSA) is 40.5 Å². The molecule has 0 spiro atoms. The van der Waals surface area contributed by atoms with Gasteiger partial charge in [0.05, 0.1) is 6.42 Å². The zero-order chi connectivity index (χ0) is 12.8. The van der Waals surface area contributed by atoms with E-state index < -0.39 is 5.97 Å². The van der Waals surface area contributed by atoms with E-state index in [1.165, 1.54) is 0 Å². The van der Waals surface area contributed by atoms with Gasteiger partial charge in [0.1, 0.15) is 0 Å². The summed E-state index contributed by atoms with van der Waals surface area (Å²) in [4.78, 5) is 13.3. The highest BCUT2D eigenvalue weighted by Crippen LogP contribution is 2.27. The number of carboxylic acids is 1. The molecule has 0 aromatic rings. The predicted octanol–water partition coefficient (Wildman–Crippen LogP) is 3.00. The van der Waals surface area contributed by atoms with Crippen molar-refractivity contribution < 1.29 is 9.90 Å². The highest BCUT2D eigenvalue weighted by Gasteiger charge is 2.31. The molecule has 16 heavy (non-hydrogen) atoms. The van der Waals surface area contributed by atoms with E-state index >= 15 is 0 Å². The molecule has 0 aromatic carbocycles. The Bertz CT molecular complexity index is 202. The first-order valence-corrected chi connectivity index (χ1v) is 6.28. The van der Waals surface area contributed by atoms with Crippen LogP contribution in [0, 0.1) is 5.41 Å². The summed E-state index contributed by atoms with van der Waals surface area (Å²) >= 11 is 0. The van der Waals surface area contributed by atoms with Crippen molar-refractivity contribution in [1.29, 1.82) is 0 Å². The fourth-order valence-corrected chi connectivity index (χ4v) is 2.15. The van der Waals surface area contributed by atoms with Gasteiger partial charge in [-0.15, -0.1) is 0 Å². The van der Waals surface area contributed by atoms with Crippen LogP contribution in [0.1, 0.15) is 53.9 Å². The van der Waals surface area contributed by atoms with Gasteiger partial charge in [-0.2, -0.15) is 0 Å². The van der Waals surface area contributed by atoms with E-state index in [1.807, 2.05) is 0 Å². The van der Waals surface area contributed by atoms with E-state index in [1.54, 1.807) is 0 Å². The largest absolute Gasteiger partial charge is 0.481 e. The van der Waals surface area contributed by atoms with Crippen LogP contribution in [0.5, 0.6) is 0 Å². The van der Waals surface area contributed by atoms with E-state index in [0.29, 0.717) is 0 Å². The molecule has 0 aliphatic rings. The molecule has 0 saturated heterocycles. The average molecular weight is 229 g/mol. The zero-order valence-electron chi connectivity index (χ0n) is 11.4. The van der Waals surface area contributed by atoms with Crippen molar-refractivity contribution in [3.8, 4) is 0 Å². The number of hydrogen-bond acceptors (Lipinski definition) is 2. The lowest BCUT2D eigenvalue weighted by Crippen LogP contribution is -2.46. The predicted molar refractivity (Wildman–Crippen MR) is 67.7 cm³/mol. The standard InChI is InChI=1S/C13H27NO2/c1-6-8-14(9-7-2)11(10-12(15)16)13(3,4)5/h11H,6-10H2,1-5H3,(H,15,16). The van der Waals surface area contributed by atoms with Crippen LogP contribution in [0.4, 0.5) is 0 Å². The van der Waals surface area contributed by atoms with Gasteiger partial charge >= 0.3 is 5.97 Å². The van der Waals surface area contributed by atoms with Crippen molar-refractivity contribution in [3.63, 3.8) is 0 Å². The van der Waals surface area contributed by atoms with Crippen LogP contribution in [-0.4, -0.2) is 35.1 Å². The Morgan fingerprint density at radius 3 is 1.88 bits per heavy atom. The quantitative estimate of drug-likeness (QED) is 0.729. The van der Waals surface area contributed by atoms with Crippen LogP contribution in [0.25, 0.3) is 0 Å². The molecule has 0 rings (SSSR count). The van der Waals surface area contributed by atoms with Gasteiger partial charge in [0.15, 0.2) is 0 Å². The molecule has 0 fully saturated rings. The Kier molecular flexibility index (Phi) is 6.65. The van der Waals surface area contributed by atoms with Crippen molar-refractivity contribution in [1.82, 2.24) is 4.90 Å². The minimum Gasteiger partial charge on any atom is -0.481 e. The second-order valence-electron chi connectivity index (χ2n) is 5.52. The highest BCUT2D eigenvalue weighted by atomic mass is 16.4. The molecule has 1 unspecified atom stereocenters. The molecular weight excluding hydrogens is 202 g/mol. The summed E-state index contributed by atoms with van der Waals surface area (Å²) in [6.07, 6.45) is 2.39. The second kappa shape index (κ2) is 6.89. The Labute approximate surface area is 99.8 Å². The lowest BCUT2D eigenvalue weighted by Gasteiger charge is -2.39. The molecule has 0 amide bonds. The highest BCUT2D eigenvalue weighted by molar-refractivity contribution is 5.67. The number of carboxylic acid groups (broad SMARTS) is 1. The molecule has 0 bridgehead atoms. The first-order valence-electron chi connectivity index (χ1n) is 6.28. The Balaban J connectivity index is 4.73. The molecule has 0 heterocycles. The summed E-state index contributed by atoms with van der Waals surface area (Å²) in [5.41, 5.74) is 0.0166. The van der Waals surface area contributed by atoms with Gasteiger partial charge in [0.2, 0.25) is 0 Å². The van der Waals surface area contributed by atoms with Crippen LogP contribution in [0.2, 0.25) is 0 Å². The summed E-state index contributed by atoms with van der Waals surface area (Å²) in [6.45, 7) is 12.6. The summed E-state index contributed by atoms with van der Waals surface area (Å²) in [5, 5.41) is 9.01. The molecule has 1 atom stereocenters. The number of rotatable bonds is 7. The normalized spacial score (nSPS) is 14.1. The maximum absolute atomic E-state index is 10.9. The second-order valence-corrected chi connectivity index (χ2v) is 5.52. The summed E-state index contributed by atoms with van der Waals surface area (Å²) in [5.74, 6) is -0.697. The van der Waals surface area contributed by atoms with Gasteiger partial charge in [-0.05, 0) is 31.3 Å². The third-order valence-corrected chi connectivity index (χ3v) is 2.83. The number of hydrogen-bond donors (Lipinski definition) is 1. The fraction of sp³-hybridized carbons (Fsp3) is 0.923. The van der Waals surface area contributed by atoms with Gasteiger partial charge < -0.3 is 5.11 Å². The Hall–Kier alpha value is -0.570. The molecule has 3 heteroatoms. The van der Waals surface area contributed by atoms with Crippen LogP contribution >= 0.6 is 0 Å². The van der Waals surface area contributed by atoms with E-state index in [-0.39, 0.29) is 17.9 Å².